The molecule has 2 aromatic carbocycles. The van der Waals surface area contributed by atoms with Crippen LogP contribution in [0.5, 0.6) is 0 Å². The topological polar surface area (TPSA) is 87.2 Å². The lowest BCUT2D eigenvalue weighted by molar-refractivity contribution is 0.0745. The average molecular weight is 490 g/mol. The number of amides is 1. The van der Waals surface area contributed by atoms with E-state index in [1.54, 1.807) is 23.1 Å². The number of ether oxygens (including phenoxy) is 1. The molecule has 0 aromatic heterocycles. The number of ketones is 1. The second-order valence-corrected chi connectivity index (χ2v) is 10.6. The number of hydrogen-bond donors (Lipinski definition) is 0. The number of anilines is 2. The van der Waals surface area contributed by atoms with Crippen molar-refractivity contribution in [1.29, 1.82) is 0 Å². The van der Waals surface area contributed by atoms with Crippen molar-refractivity contribution in [2.75, 3.05) is 68.5 Å². The van der Waals surface area contributed by atoms with Gasteiger partial charge < -0.3 is 19.4 Å². The molecular formula is C24H28FN3O5S. The van der Waals surface area contributed by atoms with Crippen molar-refractivity contribution in [3.63, 3.8) is 0 Å². The average Bonchev–Trinajstić information content (AvgIpc) is 2.83. The van der Waals surface area contributed by atoms with Crippen LogP contribution in [0.2, 0.25) is 0 Å². The Morgan fingerprint density at radius 1 is 0.882 bits per heavy atom. The van der Waals surface area contributed by atoms with Crippen molar-refractivity contribution in [3.8, 4) is 0 Å². The van der Waals surface area contributed by atoms with Crippen LogP contribution in [-0.2, 0) is 14.6 Å². The molecule has 2 aliphatic heterocycles. The largest absolute Gasteiger partial charge is 0.378 e. The number of hydrogen-bond acceptors (Lipinski definition) is 7. The van der Waals surface area contributed by atoms with E-state index in [9.17, 15) is 22.4 Å². The highest BCUT2D eigenvalue weighted by Gasteiger charge is 2.28. The minimum absolute atomic E-state index is 0.0964. The van der Waals surface area contributed by atoms with E-state index >= 15 is 0 Å². The molecular weight excluding hydrogens is 461 g/mol. The van der Waals surface area contributed by atoms with Gasteiger partial charge in [-0.05, 0) is 43.3 Å². The number of benzene rings is 2. The zero-order valence-corrected chi connectivity index (χ0v) is 20.1. The van der Waals surface area contributed by atoms with Gasteiger partial charge in [-0.15, -0.1) is 0 Å². The molecule has 0 N–H and O–H groups in total. The molecule has 0 aliphatic carbocycles. The number of carbonyl (C=O) groups excluding carboxylic acids is 2. The fraction of sp³-hybridized carbons (Fsp3) is 0.417. The number of Topliss-reactive ketones (excluding diaryl/α,β-unsaturated/α-hetero) is 1. The first-order valence-electron chi connectivity index (χ1n) is 11.2. The Morgan fingerprint density at radius 2 is 1.50 bits per heavy atom. The van der Waals surface area contributed by atoms with Crippen LogP contribution in [0.1, 0.15) is 27.6 Å². The van der Waals surface area contributed by atoms with Gasteiger partial charge in [0.1, 0.15) is 5.82 Å². The van der Waals surface area contributed by atoms with E-state index in [1.165, 1.54) is 25.1 Å². The zero-order chi connectivity index (χ0) is 24.5. The highest BCUT2D eigenvalue weighted by molar-refractivity contribution is 7.90. The van der Waals surface area contributed by atoms with Crippen LogP contribution in [-0.4, -0.2) is 83.7 Å². The van der Waals surface area contributed by atoms with Crippen LogP contribution in [0.15, 0.2) is 41.3 Å². The third kappa shape index (κ3) is 5.07. The van der Waals surface area contributed by atoms with E-state index in [2.05, 4.69) is 0 Å². The third-order valence-corrected chi connectivity index (χ3v) is 7.35. The molecule has 0 bridgehead atoms. The smallest absolute Gasteiger partial charge is 0.256 e. The first-order valence-corrected chi connectivity index (χ1v) is 13.1. The molecule has 2 saturated heterocycles. The van der Waals surface area contributed by atoms with E-state index in [-0.39, 0.29) is 16.6 Å². The SMILES string of the molecule is CC(=O)c1ccc(N2CCN(C(=O)c3cc(S(C)(=O)=O)ccc3N3CCOCC3)CC2)c(F)c1. The predicted molar refractivity (Wildman–Crippen MR) is 127 cm³/mol. The lowest BCUT2D eigenvalue weighted by Crippen LogP contribution is -2.49. The number of piperazine rings is 1. The van der Waals surface area contributed by atoms with Gasteiger partial charge in [-0.1, -0.05) is 0 Å². The molecule has 0 radical (unpaired) electrons. The Morgan fingerprint density at radius 3 is 2.09 bits per heavy atom. The predicted octanol–water partition coefficient (Wildman–Crippen LogP) is 2.23. The van der Waals surface area contributed by atoms with Gasteiger partial charge in [0.25, 0.3) is 5.91 Å². The fourth-order valence-corrected chi connectivity index (χ4v) is 4.95. The van der Waals surface area contributed by atoms with Gasteiger partial charge in [0.05, 0.1) is 29.4 Å². The summed E-state index contributed by atoms with van der Waals surface area (Å²) in [6.45, 7) is 5.24. The molecule has 2 fully saturated rings. The van der Waals surface area contributed by atoms with Gasteiger partial charge in [-0.2, -0.15) is 0 Å². The van der Waals surface area contributed by atoms with E-state index in [1.807, 2.05) is 9.80 Å². The summed E-state index contributed by atoms with van der Waals surface area (Å²) in [5.41, 5.74) is 1.74. The van der Waals surface area contributed by atoms with Gasteiger partial charge >= 0.3 is 0 Å². The van der Waals surface area contributed by atoms with Gasteiger partial charge in [0, 0.05) is 56.8 Å². The van der Waals surface area contributed by atoms with Gasteiger partial charge in [-0.3, -0.25) is 9.59 Å². The monoisotopic (exact) mass is 489 g/mol. The van der Waals surface area contributed by atoms with E-state index in [0.717, 1.165) is 6.26 Å². The molecule has 0 spiro atoms. The molecule has 182 valence electrons. The highest BCUT2D eigenvalue weighted by atomic mass is 32.2. The van der Waals surface area contributed by atoms with E-state index < -0.39 is 15.7 Å². The van der Waals surface area contributed by atoms with Crippen molar-refractivity contribution < 1.29 is 27.1 Å². The summed E-state index contributed by atoms with van der Waals surface area (Å²) in [7, 11) is -3.48. The molecule has 2 heterocycles. The molecule has 4 rings (SSSR count). The van der Waals surface area contributed by atoms with E-state index in [4.69, 9.17) is 4.74 Å². The van der Waals surface area contributed by atoms with Crippen molar-refractivity contribution >= 4 is 32.9 Å². The first-order chi connectivity index (χ1) is 16.1. The Labute approximate surface area is 198 Å². The Bertz CT molecular complexity index is 1200. The minimum Gasteiger partial charge on any atom is -0.378 e. The lowest BCUT2D eigenvalue weighted by Gasteiger charge is -2.37. The van der Waals surface area contributed by atoms with Gasteiger partial charge in [-0.25, -0.2) is 12.8 Å². The molecule has 34 heavy (non-hydrogen) atoms. The normalized spacial score (nSPS) is 17.1. The van der Waals surface area contributed by atoms with Crippen molar-refractivity contribution in [2.45, 2.75) is 11.8 Å². The lowest BCUT2D eigenvalue weighted by atomic mass is 10.1. The molecule has 10 heteroatoms. The summed E-state index contributed by atoms with van der Waals surface area (Å²) >= 11 is 0. The second-order valence-electron chi connectivity index (χ2n) is 8.55. The van der Waals surface area contributed by atoms with Crippen LogP contribution in [0, 0.1) is 5.82 Å². The van der Waals surface area contributed by atoms with Gasteiger partial charge in [0.15, 0.2) is 15.6 Å². The molecule has 8 nitrogen and oxygen atoms in total. The van der Waals surface area contributed by atoms with Crippen molar-refractivity contribution in [2.24, 2.45) is 0 Å². The molecule has 1 amide bonds. The Hall–Kier alpha value is -2.98. The molecule has 2 aromatic rings. The molecule has 0 atom stereocenters. The maximum absolute atomic E-state index is 14.6. The number of rotatable bonds is 5. The molecule has 2 aliphatic rings. The summed E-state index contributed by atoms with van der Waals surface area (Å²) < 4.78 is 44.3. The minimum atomic E-state index is -3.48. The highest BCUT2D eigenvalue weighted by Crippen LogP contribution is 2.28. The fourth-order valence-electron chi connectivity index (χ4n) is 4.30. The quantitative estimate of drug-likeness (QED) is 0.596. The summed E-state index contributed by atoms with van der Waals surface area (Å²) in [5.74, 6) is -0.921. The number of sulfone groups is 1. The van der Waals surface area contributed by atoms with Gasteiger partial charge in [0.2, 0.25) is 0 Å². The van der Waals surface area contributed by atoms with E-state index in [0.29, 0.717) is 75.0 Å². The number of morpholine rings is 1. The molecule has 0 saturated carbocycles. The standard InChI is InChI=1S/C24H28FN3O5S/c1-17(29)18-3-5-23(21(25)15-18)26-7-9-28(10-8-26)24(30)20-16-19(34(2,31)32)4-6-22(20)27-11-13-33-14-12-27/h3-6,15-16H,7-14H2,1-2H3. The number of halogens is 1. The Balaban J connectivity index is 1.55. The first kappa shape index (κ1) is 24.2. The third-order valence-electron chi connectivity index (χ3n) is 6.24. The van der Waals surface area contributed by atoms with Crippen LogP contribution >= 0.6 is 0 Å². The summed E-state index contributed by atoms with van der Waals surface area (Å²) in [6, 6.07) is 9.11. The maximum atomic E-state index is 14.6. The summed E-state index contributed by atoms with van der Waals surface area (Å²) in [4.78, 5) is 30.7. The second kappa shape index (κ2) is 9.71. The Kier molecular flexibility index (Phi) is 6.90. The van der Waals surface area contributed by atoms with Crippen LogP contribution in [0.4, 0.5) is 15.8 Å². The number of nitrogens with zero attached hydrogens (tertiary/aromatic N) is 3. The zero-order valence-electron chi connectivity index (χ0n) is 19.3. The van der Waals surface area contributed by atoms with Crippen molar-refractivity contribution in [3.05, 3.63) is 53.3 Å². The summed E-state index contributed by atoms with van der Waals surface area (Å²) in [6.07, 6.45) is 1.12. The molecule has 0 unspecified atom stereocenters. The summed E-state index contributed by atoms with van der Waals surface area (Å²) in [5, 5.41) is 0. The maximum Gasteiger partial charge on any atom is 0.256 e. The number of carbonyl (C=O) groups is 2. The van der Waals surface area contributed by atoms with Crippen LogP contribution in [0.3, 0.4) is 0 Å². The van der Waals surface area contributed by atoms with Crippen molar-refractivity contribution in [1.82, 2.24) is 4.90 Å². The van der Waals surface area contributed by atoms with Crippen LogP contribution in [0.25, 0.3) is 0 Å². The van der Waals surface area contributed by atoms with Crippen LogP contribution < -0.4 is 9.80 Å².